The molecule has 1 aromatic rings. The van der Waals surface area contributed by atoms with Crippen molar-refractivity contribution in [3.05, 3.63) is 29.3 Å². The Bertz CT molecular complexity index is 541. The van der Waals surface area contributed by atoms with E-state index >= 15 is 0 Å². The molecule has 1 heterocycles. The third-order valence-corrected chi connectivity index (χ3v) is 3.86. The zero-order valence-corrected chi connectivity index (χ0v) is 11.9. The molecule has 0 saturated carbocycles. The van der Waals surface area contributed by atoms with Gasteiger partial charge >= 0.3 is 5.97 Å². The molecule has 1 fully saturated rings. The van der Waals surface area contributed by atoms with Gasteiger partial charge in [0.25, 0.3) is 5.91 Å². The molecule has 5 heteroatoms. The van der Waals surface area contributed by atoms with E-state index in [1.165, 1.54) is 13.2 Å². The van der Waals surface area contributed by atoms with Gasteiger partial charge in [-0.15, -0.1) is 0 Å². The van der Waals surface area contributed by atoms with Crippen molar-refractivity contribution in [3.8, 4) is 5.75 Å². The lowest BCUT2D eigenvalue weighted by Gasteiger charge is -2.16. The van der Waals surface area contributed by atoms with Crippen molar-refractivity contribution in [2.24, 2.45) is 11.8 Å². The second-order valence-electron chi connectivity index (χ2n) is 5.32. The summed E-state index contributed by atoms with van der Waals surface area (Å²) in [6, 6.07) is 4.86. The molecule has 1 amide bonds. The van der Waals surface area contributed by atoms with Crippen LogP contribution in [0.5, 0.6) is 5.75 Å². The van der Waals surface area contributed by atoms with Crippen molar-refractivity contribution in [3.63, 3.8) is 0 Å². The van der Waals surface area contributed by atoms with Crippen LogP contribution in [-0.2, 0) is 9.53 Å². The number of hydrogen-bond donors (Lipinski definition) is 1. The van der Waals surface area contributed by atoms with E-state index in [0.717, 1.165) is 5.56 Å². The standard InChI is InChI=1S/C15H19NO4/c1-9-4-5-11(6-13(9)17)14(18)16-7-10(2)12(8-16)15(19)20-3/h4-6,10,12,17H,7-8H2,1-3H3. The van der Waals surface area contributed by atoms with Gasteiger partial charge in [-0.05, 0) is 30.5 Å². The molecule has 0 aliphatic carbocycles. The fraction of sp³-hybridized carbons (Fsp3) is 0.467. The van der Waals surface area contributed by atoms with Crippen molar-refractivity contribution >= 4 is 11.9 Å². The van der Waals surface area contributed by atoms with E-state index in [1.54, 1.807) is 24.0 Å². The van der Waals surface area contributed by atoms with E-state index < -0.39 is 0 Å². The number of carbonyl (C=O) groups excluding carboxylic acids is 2. The van der Waals surface area contributed by atoms with Gasteiger partial charge in [-0.1, -0.05) is 13.0 Å². The number of hydrogen-bond acceptors (Lipinski definition) is 4. The highest BCUT2D eigenvalue weighted by Crippen LogP contribution is 2.26. The lowest BCUT2D eigenvalue weighted by molar-refractivity contribution is -0.146. The highest BCUT2D eigenvalue weighted by molar-refractivity contribution is 5.95. The average Bonchev–Trinajstić information content (AvgIpc) is 2.82. The molecule has 1 aromatic carbocycles. The molecular weight excluding hydrogens is 258 g/mol. The number of amides is 1. The summed E-state index contributed by atoms with van der Waals surface area (Å²) < 4.78 is 4.76. The summed E-state index contributed by atoms with van der Waals surface area (Å²) in [6.07, 6.45) is 0. The molecule has 5 nitrogen and oxygen atoms in total. The van der Waals surface area contributed by atoms with Gasteiger partial charge in [-0.3, -0.25) is 9.59 Å². The molecule has 0 radical (unpaired) electrons. The van der Waals surface area contributed by atoms with E-state index in [4.69, 9.17) is 4.74 Å². The highest BCUT2D eigenvalue weighted by atomic mass is 16.5. The SMILES string of the molecule is COC(=O)C1CN(C(=O)c2ccc(C)c(O)c2)CC1C. The van der Waals surface area contributed by atoms with Gasteiger partial charge < -0.3 is 14.7 Å². The van der Waals surface area contributed by atoms with E-state index in [1.807, 2.05) is 6.92 Å². The minimum Gasteiger partial charge on any atom is -0.508 e. The second-order valence-corrected chi connectivity index (χ2v) is 5.32. The number of likely N-dealkylation sites (tertiary alicyclic amines) is 1. The van der Waals surface area contributed by atoms with Crippen LogP contribution in [0, 0.1) is 18.8 Å². The van der Waals surface area contributed by atoms with Gasteiger partial charge in [-0.25, -0.2) is 0 Å². The van der Waals surface area contributed by atoms with Crippen LogP contribution in [0.4, 0.5) is 0 Å². The molecule has 1 N–H and O–H groups in total. The first-order chi connectivity index (χ1) is 9.43. The summed E-state index contributed by atoms with van der Waals surface area (Å²) in [5.41, 5.74) is 1.16. The van der Waals surface area contributed by atoms with Crippen molar-refractivity contribution in [1.29, 1.82) is 0 Å². The molecular formula is C15H19NO4. The summed E-state index contributed by atoms with van der Waals surface area (Å²) in [5.74, 6) is -0.542. The zero-order valence-electron chi connectivity index (χ0n) is 11.9. The third kappa shape index (κ3) is 2.61. The fourth-order valence-corrected chi connectivity index (χ4v) is 2.52. The first-order valence-corrected chi connectivity index (χ1v) is 6.60. The number of phenols is 1. The summed E-state index contributed by atoms with van der Waals surface area (Å²) in [6.45, 7) is 4.59. The third-order valence-electron chi connectivity index (χ3n) is 3.86. The molecule has 2 atom stereocenters. The van der Waals surface area contributed by atoms with Gasteiger partial charge in [-0.2, -0.15) is 0 Å². The molecule has 108 valence electrons. The molecule has 0 spiro atoms. The van der Waals surface area contributed by atoms with Crippen molar-refractivity contribution in [1.82, 2.24) is 4.90 Å². The first-order valence-electron chi connectivity index (χ1n) is 6.60. The molecule has 1 aliphatic heterocycles. The van der Waals surface area contributed by atoms with E-state index in [9.17, 15) is 14.7 Å². The van der Waals surface area contributed by atoms with Crippen molar-refractivity contribution in [2.75, 3.05) is 20.2 Å². The summed E-state index contributed by atoms with van der Waals surface area (Å²) >= 11 is 0. The van der Waals surface area contributed by atoms with E-state index in [0.29, 0.717) is 18.7 Å². The Labute approximate surface area is 118 Å². The van der Waals surface area contributed by atoms with Crippen LogP contribution >= 0.6 is 0 Å². The van der Waals surface area contributed by atoms with E-state index in [2.05, 4.69) is 0 Å². The van der Waals surface area contributed by atoms with Crippen molar-refractivity contribution < 1.29 is 19.4 Å². The lowest BCUT2D eigenvalue weighted by Crippen LogP contribution is -2.30. The summed E-state index contributed by atoms with van der Waals surface area (Å²) in [7, 11) is 1.36. The largest absolute Gasteiger partial charge is 0.508 e. The number of aromatic hydroxyl groups is 1. The molecule has 1 aliphatic rings. The molecule has 1 saturated heterocycles. The maximum Gasteiger partial charge on any atom is 0.310 e. The number of carbonyl (C=O) groups is 2. The Morgan fingerprint density at radius 3 is 2.65 bits per heavy atom. The van der Waals surface area contributed by atoms with Crippen LogP contribution in [0.25, 0.3) is 0 Å². The summed E-state index contributed by atoms with van der Waals surface area (Å²) in [4.78, 5) is 25.6. The number of nitrogens with zero attached hydrogens (tertiary/aromatic N) is 1. The first kappa shape index (κ1) is 14.4. The number of benzene rings is 1. The second kappa shape index (κ2) is 5.53. The molecule has 2 rings (SSSR count). The highest BCUT2D eigenvalue weighted by Gasteiger charge is 2.37. The van der Waals surface area contributed by atoms with Gasteiger partial charge in [0.2, 0.25) is 0 Å². The number of ether oxygens (including phenoxy) is 1. The zero-order chi connectivity index (χ0) is 14.9. The monoisotopic (exact) mass is 277 g/mol. The predicted octanol–water partition coefficient (Wildman–Crippen LogP) is 1.58. The van der Waals surface area contributed by atoms with Crippen LogP contribution in [0.3, 0.4) is 0 Å². The topological polar surface area (TPSA) is 66.8 Å². The van der Waals surface area contributed by atoms with E-state index in [-0.39, 0.29) is 29.5 Å². The Balaban J connectivity index is 2.14. The molecule has 2 unspecified atom stereocenters. The Kier molecular flexibility index (Phi) is 3.97. The van der Waals surface area contributed by atoms with Crippen LogP contribution in [0.15, 0.2) is 18.2 Å². The van der Waals surface area contributed by atoms with Gasteiger partial charge in [0.1, 0.15) is 5.75 Å². The Morgan fingerprint density at radius 1 is 1.35 bits per heavy atom. The maximum absolute atomic E-state index is 12.4. The van der Waals surface area contributed by atoms with Gasteiger partial charge in [0.15, 0.2) is 0 Å². The van der Waals surface area contributed by atoms with Gasteiger partial charge in [0, 0.05) is 18.7 Å². The predicted molar refractivity (Wildman–Crippen MR) is 73.4 cm³/mol. The number of rotatable bonds is 2. The number of esters is 1. The lowest BCUT2D eigenvalue weighted by atomic mass is 9.99. The van der Waals surface area contributed by atoms with Gasteiger partial charge in [0.05, 0.1) is 13.0 Å². The molecule has 0 aromatic heterocycles. The Hall–Kier alpha value is -2.04. The fourth-order valence-electron chi connectivity index (χ4n) is 2.52. The van der Waals surface area contributed by atoms with Crippen LogP contribution < -0.4 is 0 Å². The van der Waals surface area contributed by atoms with Crippen LogP contribution in [-0.4, -0.2) is 42.1 Å². The van der Waals surface area contributed by atoms with Crippen LogP contribution in [0.2, 0.25) is 0 Å². The number of phenolic OH excluding ortho intramolecular Hbond substituents is 1. The minimum absolute atomic E-state index is 0.0745. The number of aryl methyl sites for hydroxylation is 1. The normalized spacial score (nSPS) is 21.9. The number of methoxy groups -OCH3 is 1. The molecule has 20 heavy (non-hydrogen) atoms. The smallest absolute Gasteiger partial charge is 0.310 e. The average molecular weight is 277 g/mol. The maximum atomic E-state index is 12.4. The van der Waals surface area contributed by atoms with Crippen molar-refractivity contribution in [2.45, 2.75) is 13.8 Å². The Morgan fingerprint density at radius 2 is 2.05 bits per heavy atom. The minimum atomic E-state index is -0.278. The quantitative estimate of drug-likeness (QED) is 0.833. The van der Waals surface area contributed by atoms with Crippen LogP contribution in [0.1, 0.15) is 22.8 Å². The molecule has 0 bridgehead atoms. The summed E-state index contributed by atoms with van der Waals surface area (Å²) in [5, 5.41) is 9.68.